The Bertz CT molecular complexity index is 1170. The highest BCUT2D eigenvalue weighted by Gasteiger charge is 2.29. The van der Waals surface area contributed by atoms with Crippen LogP contribution in [0.25, 0.3) is 11.1 Å². The van der Waals surface area contributed by atoms with Gasteiger partial charge < -0.3 is 20.5 Å². The number of aliphatic carboxylic acids is 1. The Morgan fingerprint density at radius 2 is 1.46 bits per heavy atom. The summed E-state index contributed by atoms with van der Waals surface area (Å²) in [7, 11) is 0. The first kappa shape index (κ1) is 24.0. The zero-order valence-corrected chi connectivity index (χ0v) is 19.4. The minimum Gasteiger partial charge on any atom is -0.480 e. The van der Waals surface area contributed by atoms with Gasteiger partial charge in [-0.15, -0.1) is 0 Å². The molecule has 1 unspecified atom stereocenters. The van der Waals surface area contributed by atoms with Crippen LogP contribution in [0, 0.1) is 5.92 Å². The van der Waals surface area contributed by atoms with Gasteiger partial charge in [-0.25, -0.2) is 9.59 Å². The van der Waals surface area contributed by atoms with Gasteiger partial charge in [0.2, 0.25) is 5.91 Å². The molecule has 35 heavy (non-hydrogen) atoms. The number of hydrogen-bond acceptors (Lipinski definition) is 4. The standard InChI is InChI=1S/C28H28N2O5/c1-18(26(31)30-25(27(32)33)15-19-9-3-2-4-10-19)16-29-28(34)35-17-24-22-13-7-5-11-20(22)21-12-6-8-14-23(21)24/h2-14,18,24-25H,15-17H2,1H3,(H,29,34)(H,30,31)(H,32,33)/t18?,25-/m1/s1. The van der Waals surface area contributed by atoms with E-state index in [0.717, 1.165) is 27.8 Å². The fourth-order valence-corrected chi connectivity index (χ4v) is 4.34. The van der Waals surface area contributed by atoms with Gasteiger partial charge >= 0.3 is 12.1 Å². The van der Waals surface area contributed by atoms with Crippen LogP contribution in [0.3, 0.4) is 0 Å². The van der Waals surface area contributed by atoms with Gasteiger partial charge in [0.1, 0.15) is 12.6 Å². The number of carbonyl (C=O) groups is 3. The normalized spacial score (nSPS) is 13.7. The Kier molecular flexibility index (Phi) is 7.45. The lowest BCUT2D eigenvalue weighted by Gasteiger charge is -2.19. The number of alkyl carbamates (subject to hydrolysis) is 1. The summed E-state index contributed by atoms with van der Waals surface area (Å²) in [6.07, 6.45) is -0.445. The number of benzene rings is 3. The number of hydrogen-bond donors (Lipinski definition) is 3. The van der Waals surface area contributed by atoms with Crippen molar-refractivity contribution in [2.24, 2.45) is 5.92 Å². The monoisotopic (exact) mass is 472 g/mol. The first-order valence-corrected chi connectivity index (χ1v) is 11.6. The van der Waals surface area contributed by atoms with Gasteiger partial charge in [0, 0.05) is 18.9 Å². The molecule has 3 aromatic rings. The molecule has 3 N–H and O–H groups in total. The summed E-state index contributed by atoms with van der Waals surface area (Å²) in [5.41, 5.74) is 5.33. The smallest absolute Gasteiger partial charge is 0.407 e. The van der Waals surface area contributed by atoms with Crippen LogP contribution in [0.2, 0.25) is 0 Å². The van der Waals surface area contributed by atoms with Crippen molar-refractivity contribution in [1.29, 1.82) is 0 Å². The summed E-state index contributed by atoms with van der Waals surface area (Å²) in [4.78, 5) is 36.5. The fraction of sp³-hybridized carbons (Fsp3) is 0.250. The molecule has 0 aromatic heterocycles. The predicted octanol–water partition coefficient (Wildman–Crippen LogP) is 3.97. The molecule has 1 aliphatic rings. The Balaban J connectivity index is 1.28. The van der Waals surface area contributed by atoms with Crippen LogP contribution in [0.15, 0.2) is 78.9 Å². The summed E-state index contributed by atoms with van der Waals surface area (Å²) >= 11 is 0. The largest absolute Gasteiger partial charge is 0.480 e. The van der Waals surface area contributed by atoms with Crippen molar-refractivity contribution in [3.8, 4) is 11.1 Å². The van der Waals surface area contributed by atoms with E-state index in [-0.39, 0.29) is 25.5 Å². The van der Waals surface area contributed by atoms with E-state index in [0.29, 0.717) is 0 Å². The first-order valence-electron chi connectivity index (χ1n) is 11.6. The lowest BCUT2D eigenvalue weighted by Crippen LogP contribution is -2.46. The predicted molar refractivity (Wildman–Crippen MR) is 132 cm³/mol. The summed E-state index contributed by atoms with van der Waals surface area (Å²) in [5, 5.41) is 14.7. The molecule has 0 heterocycles. The molecular weight excluding hydrogens is 444 g/mol. The van der Waals surface area contributed by atoms with Crippen LogP contribution < -0.4 is 10.6 Å². The third kappa shape index (κ3) is 5.69. The van der Waals surface area contributed by atoms with Gasteiger partial charge in [0.25, 0.3) is 0 Å². The zero-order valence-electron chi connectivity index (χ0n) is 19.4. The number of carbonyl (C=O) groups excluding carboxylic acids is 2. The van der Waals surface area contributed by atoms with E-state index >= 15 is 0 Å². The number of amides is 2. The van der Waals surface area contributed by atoms with Crippen molar-refractivity contribution in [2.75, 3.05) is 13.2 Å². The average Bonchev–Trinajstić information content (AvgIpc) is 3.19. The van der Waals surface area contributed by atoms with Crippen molar-refractivity contribution < 1.29 is 24.2 Å². The van der Waals surface area contributed by atoms with E-state index in [9.17, 15) is 19.5 Å². The van der Waals surface area contributed by atoms with Crippen molar-refractivity contribution in [1.82, 2.24) is 10.6 Å². The maximum absolute atomic E-state index is 12.5. The molecule has 7 nitrogen and oxygen atoms in total. The molecular formula is C28H28N2O5. The maximum Gasteiger partial charge on any atom is 0.407 e. The van der Waals surface area contributed by atoms with Gasteiger partial charge in [-0.2, -0.15) is 0 Å². The fourth-order valence-electron chi connectivity index (χ4n) is 4.34. The summed E-state index contributed by atoms with van der Waals surface area (Å²) < 4.78 is 5.49. The second-order valence-corrected chi connectivity index (χ2v) is 8.70. The third-order valence-electron chi connectivity index (χ3n) is 6.24. The van der Waals surface area contributed by atoms with Crippen LogP contribution in [-0.2, 0) is 20.7 Å². The topological polar surface area (TPSA) is 105 Å². The highest BCUT2D eigenvalue weighted by atomic mass is 16.5. The molecule has 0 fully saturated rings. The molecule has 180 valence electrons. The van der Waals surface area contributed by atoms with E-state index in [1.54, 1.807) is 6.92 Å². The Labute approximate surface area is 204 Å². The lowest BCUT2D eigenvalue weighted by atomic mass is 9.98. The number of fused-ring (bicyclic) bond motifs is 3. The second kappa shape index (κ2) is 10.9. The van der Waals surface area contributed by atoms with Crippen LogP contribution in [-0.4, -0.2) is 42.3 Å². The molecule has 3 aromatic carbocycles. The number of carboxylic acids is 1. The third-order valence-corrected chi connectivity index (χ3v) is 6.24. The van der Waals surface area contributed by atoms with Gasteiger partial charge in [-0.3, -0.25) is 4.79 Å². The molecule has 7 heteroatoms. The van der Waals surface area contributed by atoms with Crippen molar-refractivity contribution in [3.63, 3.8) is 0 Å². The molecule has 2 atom stereocenters. The first-order chi connectivity index (χ1) is 16.9. The van der Waals surface area contributed by atoms with Gasteiger partial charge in [0.15, 0.2) is 0 Å². The Morgan fingerprint density at radius 1 is 0.886 bits per heavy atom. The highest BCUT2D eigenvalue weighted by molar-refractivity contribution is 5.85. The minimum absolute atomic E-state index is 0.0280. The van der Waals surface area contributed by atoms with E-state index in [1.807, 2.05) is 66.7 Å². The number of nitrogens with one attached hydrogen (secondary N) is 2. The highest BCUT2D eigenvalue weighted by Crippen LogP contribution is 2.44. The van der Waals surface area contributed by atoms with Gasteiger partial charge in [-0.05, 0) is 27.8 Å². The zero-order chi connectivity index (χ0) is 24.8. The molecule has 0 radical (unpaired) electrons. The van der Waals surface area contributed by atoms with Crippen molar-refractivity contribution >= 4 is 18.0 Å². The number of rotatable bonds is 9. The SMILES string of the molecule is CC(CNC(=O)OCC1c2ccccc2-c2ccccc21)C(=O)N[C@H](Cc1ccccc1)C(=O)O. The number of carboxylic acid groups (broad SMARTS) is 1. The van der Waals surface area contributed by atoms with E-state index in [4.69, 9.17) is 4.74 Å². The van der Waals surface area contributed by atoms with Gasteiger partial charge in [0.05, 0.1) is 5.92 Å². The van der Waals surface area contributed by atoms with Gasteiger partial charge in [-0.1, -0.05) is 85.8 Å². The van der Waals surface area contributed by atoms with Crippen LogP contribution in [0.5, 0.6) is 0 Å². The molecule has 0 saturated heterocycles. The van der Waals surface area contributed by atoms with Crippen molar-refractivity contribution in [3.05, 3.63) is 95.6 Å². The second-order valence-electron chi connectivity index (χ2n) is 8.70. The lowest BCUT2D eigenvalue weighted by molar-refractivity contribution is -0.142. The van der Waals surface area contributed by atoms with Crippen LogP contribution in [0.1, 0.15) is 29.5 Å². The Morgan fingerprint density at radius 3 is 2.06 bits per heavy atom. The Hall–Kier alpha value is -4.13. The molecule has 1 aliphatic carbocycles. The molecule has 2 amide bonds. The molecule has 0 saturated carbocycles. The molecule has 0 spiro atoms. The minimum atomic E-state index is -1.11. The number of ether oxygens (including phenoxy) is 1. The van der Waals surface area contributed by atoms with Crippen LogP contribution >= 0.6 is 0 Å². The van der Waals surface area contributed by atoms with Crippen LogP contribution in [0.4, 0.5) is 4.79 Å². The quantitative estimate of drug-likeness (QED) is 0.437. The molecule has 0 bridgehead atoms. The van der Waals surface area contributed by atoms with E-state index in [1.165, 1.54) is 0 Å². The molecule has 0 aliphatic heterocycles. The summed E-state index contributed by atoms with van der Waals surface area (Å²) in [5.74, 6) is -2.25. The maximum atomic E-state index is 12.5. The molecule has 4 rings (SSSR count). The summed E-state index contributed by atoms with van der Waals surface area (Å²) in [6.45, 7) is 1.83. The average molecular weight is 473 g/mol. The van der Waals surface area contributed by atoms with E-state index < -0.39 is 29.9 Å². The summed E-state index contributed by atoms with van der Waals surface area (Å²) in [6, 6.07) is 24.2. The van der Waals surface area contributed by atoms with Crippen molar-refractivity contribution in [2.45, 2.75) is 25.3 Å². The van der Waals surface area contributed by atoms with E-state index in [2.05, 4.69) is 22.8 Å².